The fourth-order valence-electron chi connectivity index (χ4n) is 3.64. The Morgan fingerprint density at radius 3 is 2.67 bits per heavy atom. The predicted octanol–water partition coefficient (Wildman–Crippen LogP) is 3.42. The van der Waals surface area contributed by atoms with Gasteiger partial charge in [-0.2, -0.15) is 0 Å². The predicted molar refractivity (Wildman–Crippen MR) is 78.9 cm³/mol. The van der Waals surface area contributed by atoms with Crippen molar-refractivity contribution in [2.75, 3.05) is 26.2 Å². The Hall–Kier alpha value is -0.0800. The third-order valence-corrected chi connectivity index (χ3v) is 4.93. The molecule has 0 bridgehead atoms. The number of rotatable bonds is 5. The molecule has 0 amide bonds. The van der Waals surface area contributed by atoms with E-state index in [1.54, 1.807) is 0 Å². The molecule has 1 aliphatic carbocycles. The highest BCUT2D eigenvalue weighted by molar-refractivity contribution is 4.73. The molecule has 2 heteroatoms. The van der Waals surface area contributed by atoms with E-state index in [9.17, 15) is 0 Å². The molecule has 1 atom stereocenters. The van der Waals surface area contributed by atoms with Gasteiger partial charge in [-0.15, -0.1) is 0 Å². The fraction of sp³-hybridized carbons (Fsp3) is 1.00. The van der Waals surface area contributed by atoms with Gasteiger partial charge in [0.15, 0.2) is 0 Å². The van der Waals surface area contributed by atoms with Crippen molar-refractivity contribution in [1.29, 1.82) is 0 Å². The second-order valence-corrected chi connectivity index (χ2v) is 6.34. The largest absolute Gasteiger partial charge is 0.314 e. The Morgan fingerprint density at radius 1 is 1.06 bits per heavy atom. The molecule has 2 rings (SSSR count). The first-order valence-corrected chi connectivity index (χ1v) is 8.34. The fourth-order valence-corrected chi connectivity index (χ4v) is 3.64. The van der Waals surface area contributed by atoms with Crippen molar-refractivity contribution >= 4 is 0 Å². The van der Waals surface area contributed by atoms with Crippen LogP contribution in [0.1, 0.15) is 64.7 Å². The molecule has 0 aromatic rings. The topological polar surface area (TPSA) is 15.3 Å². The number of nitrogens with zero attached hydrogens (tertiary/aromatic N) is 1. The second kappa shape index (κ2) is 8.16. The molecule has 2 fully saturated rings. The lowest BCUT2D eigenvalue weighted by atomic mass is 10.0. The first-order valence-electron chi connectivity index (χ1n) is 8.34. The normalized spacial score (nSPS) is 28.2. The quantitative estimate of drug-likeness (QED) is 0.806. The molecule has 1 saturated heterocycles. The molecule has 106 valence electrons. The molecule has 0 aromatic carbocycles. The molecule has 1 N–H and O–H groups in total. The molecule has 2 nitrogen and oxygen atoms in total. The van der Waals surface area contributed by atoms with Crippen LogP contribution in [0.3, 0.4) is 0 Å². The minimum atomic E-state index is 0.766. The Labute approximate surface area is 114 Å². The van der Waals surface area contributed by atoms with Crippen molar-refractivity contribution in [1.82, 2.24) is 10.2 Å². The van der Waals surface area contributed by atoms with E-state index in [2.05, 4.69) is 17.1 Å². The molecular weight excluding hydrogens is 220 g/mol. The molecule has 2 aliphatic rings. The van der Waals surface area contributed by atoms with Gasteiger partial charge in [-0.3, -0.25) is 0 Å². The minimum absolute atomic E-state index is 0.766. The van der Waals surface area contributed by atoms with Crippen molar-refractivity contribution in [3.63, 3.8) is 0 Å². The van der Waals surface area contributed by atoms with Gasteiger partial charge in [-0.1, -0.05) is 32.6 Å². The lowest BCUT2D eigenvalue weighted by Crippen LogP contribution is -2.39. The molecule has 1 heterocycles. The second-order valence-electron chi connectivity index (χ2n) is 6.34. The zero-order chi connectivity index (χ0) is 12.6. The first kappa shape index (κ1) is 14.3. The summed E-state index contributed by atoms with van der Waals surface area (Å²) < 4.78 is 0. The summed E-state index contributed by atoms with van der Waals surface area (Å²) in [7, 11) is 0. The summed E-state index contributed by atoms with van der Waals surface area (Å²) in [6, 6.07) is 0.766. The Kier molecular flexibility index (Phi) is 6.50. The lowest BCUT2D eigenvalue weighted by Gasteiger charge is -2.29. The summed E-state index contributed by atoms with van der Waals surface area (Å²) in [4.78, 5) is 2.72. The van der Waals surface area contributed by atoms with Crippen LogP contribution < -0.4 is 5.32 Å². The van der Waals surface area contributed by atoms with E-state index >= 15 is 0 Å². The van der Waals surface area contributed by atoms with Crippen LogP contribution in [0, 0.1) is 5.92 Å². The maximum atomic E-state index is 3.67. The molecule has 18 heavy (non-hydrogen) atoms. The summed E-state index contributed by atoms with van der Waals surface area (Å²) in [5.74, 6) is 1.07. The van der Waals surface area contributed by atoms with Gasteiger partial charge in [0.05, 0.1) is 0 Å². The van der Waals surface area contributed by atoms with Crippen molar-refractivity contribution < 1.29 is 0 Å². The number of nitrogens with one attached hydrogen (secondary N) is 1. The average molecular weight is 252 g/mol. The van der Waals surface area contributed by atoms with Crippen LogP contribution in [0.5, 0.6) is 0 Å². The van der Waals surface area contributed by atoms with E-state index in [1.807, 2.05) is 0 Å². The molecule has 0 aromatic heterocycles. The molecule has 0 spiro atoms. The lowest BCUT2D eigenvalue weighted by molar-refractivity contribution is 0.223. The summed E-state index contributed by atoms with van der Waals surface area (Å²) in [5.41, 5.74) is 0. The van der Waals surface area contributed by atoms with Crippen molar-refractivity contribution in [2.45, 2.75) is 70.8 Å². The highest BCUT2D eigenvalue weighted by Gasteiger charge is 2.16. The van der Waals surface area contributed by atoms with Gasteiger partial charge in [0.2, 0.25) is 0 Å². The molecule has 1 unspecified atom stereocenters. The third kappa shape index (κ3) is 4.89. The van der Waals surface area contributed by atoms with Crippen molar-refractivity contribution in [2.24, 2.45) is 5.92 Å². The molecular formula is C16H32N2. The van der Waals surface area contributed by atoms with Gasteiger partial charge in [0, 0.05) is 6.04 Å². The van der Waals surface area contributed by atoms with E-state index in [-0.39, 0.29) is 0 Å². The van der Waals surface area contributed by atoms with Crippen LogP contribution in [0.15, 0.2) is 0 Å². The molecule has 0 radical (unpaired) electrons. The van der Waals surface area contributed by atoms with Gasteiger partial charge in [0.1, 0.15) is 0 Å². The summed E-state index contributed by atoms with van der Waals surface area (Å²) in [5, 5.41) is 3.67. The van der Waals surface area contributed by atoms with E-state index < -0.39 is 0 Å². The first-order chi connectivity index (χ1) is 8.88. The SMILES string of the molecule is CCC1CCN(CCCC2CCCC2)CCCN1. The van der Waals surface area contributed by atoms with Crippen molar-refractivity contribution in [3.8, 4) is 0 Å². The molecule has 1 saturated carbocycles. The van der Waals surface area contributed by atoms with E-state index in [4.69, 9.17) is 0 Å². The third-order valence-electron chi connectivity index (χ3n) is 4.93. The minimum Gasteiger partial charge on any atom is -0.314 e. The maximum Gasteiger partial charge on any atom is 0.00766 e. The standard InChI is InChI=1S/C16H32N2/c1-2-16-10-14-18(13-6-11-17-16)12-5-9-15-7-3-4-8-15/h15-17H,2-14H2,1H3. The van der Waals surface area contributed by atoms with Gasteiger partial charge in [-0.05, 0) is 64.2 Å². The van der Waals surface area contributed by atoms with Gasteiger partial charge in [0.25, 0.3) is 0 Å². The summed E-state index contributed by atoms with van der Waals surface area (Å²) in [6.07, 6.45) is 12.9. The maximum absolute atomic E-state index is 3.67. The molecule has 1 aliphatic heterocycles. The zero-order valence-corrected chi connectivity index (χ0v) is 12.3. The number of hydrogen-bond acceptors (Lipinski definition) is 2. The monoisotopic (exact) mass is 252 g/mol. The van der Waals surface area contributed by atoms with Crippen LogP contribution in [0.25, 0.3) is 0 Å². The van der Waals surface area contributed by atoms with E-state index in [1.165, 1.54) is 84.0 Å². The average Bonchev–Trinajstić information content (AvgIpc) is 2.85. The van der Waals surface area contributed by atoms with Crippen LogP contribution in [0.4, 0.5) is 0 Å². The summed E-state index contributed by atoms with van der Waals surface area (Å²) in [6.45, 7) is 7.51. The highest BCUT2D eigenvalue weighted by Crippen LogP contribution is 2.28. The van der Waals surface area contributed by atoms with Crippen LogP contribution in [-0.2, 0) is 0 Å². The van der Waals surface area contributed by atoms with E-state index in [0.717, 1.165) is 12.0 Å². The highest BCUT2D eigenvalue weighted by atomic mass is 15.1. The van der Waals surface area contributed by atoms with Crippen LogP contribution >= 0.6 is 0 Å². The number of hydrogen-bond donors (Lipinski definition) is 1. The van der Waals surface area contributed by atoms with Crippen LogP contribution in [0.2, 0.25) is 0 Å². The van der Waals surface area contributed by atoms with Crippen LogP contribution in [-0.4, -0.2) is 37.1 Å². The smallest absolute Gasteiger partial charge is 0.00766 e. The van der Waals surface area contributed by atoms with Crippen molar-refractivity contribution in [3.05, 3.63) is 0 Å². The summed E-state index contributed by atoms with van der Waals surface area (Å²) >= 11 is 0. The van der Waals surface area contributed by atoms with Gasteiger partial charge < -0.3 is 10.2 Å². The van der Waals surface area contributed by atoms with Gasteiger partial charge >= 0.3 is 0 Å². The van der Waals surface area contributed by atoms with Gasteiger partial charge in [-0.25, -0.2) is 0 Å². The van der Waals surface area contributed by atoms with E-state index in [0.29, 0.717) is 0 Å². The Bertz CT molecular complexity index is 211. The zero-order valence-electron chi connectivity index (χ0n) is 12.3. The Balaban J connectivity index is 1.61. The Morgan fingerprint density at radius 2 is 1.89 bits per heavy atom.